The minimum Gasteiger partial charge on any atom is -0.482 e. The zero-order valence-corrected chi connectivity index (χ0v) is 14.3. The van der Waals surface area contributed by atoms with Gasteiger partial charge < -0.3 is 15.2 Å². The van der Waals surface area contributed by atoms with E-state index in [1.807, 2.05) is 0 Å². The van der Waals surface area contributed by atoms with Crippen LogP contribution in [0.1, 0.15) is 19.8 Å². The van der Waals surface area contributed by atoms with E-state index in [1.54, 1.807) is 13.2 Å². The zero-order valence-electron chi connectivity index (χ0n) is 12.6. The van der Waals surface area contributed by atoms with Gasteiger partial charge in [-0.05, 0) is 6.42 Å². The lowest BCUT2D eigenvalue weighted by Gasteiger charge is -2.09. The van der Waals surface area contributed by atoms with E-state index in [-0.39, 0.29) is 18.8 Å². The summed E-state index contributed by atoms with van der Waals surface area (Å²) in [5.41, 5.74) is 0. The number of rotatable bonds is 12. The predicted molar refractivity (Wildman–Crippen MR) is 85.7 cm³/mol. The first-order valence-corrected chi connectivity index (χ1v) is 9.88. The van der Waals surface area contributed by atoms with E-state index in [1.165, 1.54) is 0 Å². The Bertz CT molecular complexity index is 441. The first kappa shape index (κ1) is 20.7. The molecule has 8 nitrogen and oxygen atoms in total. The molecule has 1 amide bonds. The van der Waals surface area contributed by atoms with Crippen molar-refractivity contribution in [2.75, 3.05) is 30.1 Å². The van der Waals surface area contributed by atoms with Crippen molar-refractivity contribution < 1.29 is 27.9 Å². The number of ether oxygens (including phenoxy) is 1. The van der Waals surface area contributed by atoms with Crippen molar-refractivity contribution in [3.05, 3.63) is 0 Å². The van der Waals surface area contributed by atoms with Gasteiger partial charge in [0.05, 0.1) is 5.75 Å². The number of nitrogens with one attached hydrogen (secondary N) is 1. The van der Waals surface area contributed by atoms with Crippen molar-refractivity contribution >= 4 is 39.9 Å². The Morgan fingerprint density at radius 2 is 2.00 bits per heavy atom. The van der Waals surface area contributed by atoms with Gasteiger partial charge in [0.2, 0.25) is 12.1 Å². The van der Waals surface area contributed by atoms with E-state index < -0.39 is 39.6 Å². The van der Waals surface area contributed by atoms with Crippen LogP contribution in [-0.4, -0.2) is 68.1 Å². The number of hydrogen-bond donors (Lipinski definition) is 2. The highest BCUT2D eigenvalue weighted by atomic mass is 32.2. The van der Waals surface area contributed by atoms with Gasteiger partial charge in [0.1, 0.15) is 6.61 Å². The quantitative estimate of drug-likeness (QED) is 0.276. The lowest BCUT2D eigenvalue weighted by atomic mass is 10.3. The number of amides is 1. The SMILES string of the molecule is CCCC(=O)NC(N=COCCS(=O)CCS(C)=O)C(=O)O. The summed E-state index contributed by atoms with van der Waals surface area (Å²) < 4.78 is 27.3. The second-order valence-electron chi connectivity index (χ2n) is 4.31. The van der Waals surface area contributed by atoms with Gasteiger partial charge in [-0.25, -0.2) is 9.79 Å². The summed E-state index contributed by atoms with van der Waals surface area (Å²) in [5.74, 6) is -0.762. The summed E-state index contributed by atoms with van der Waals surface area (Å²) in [6.07, 6.45) is 1.90. The van der Waals surface area contributed by atoms with Gasteiger partial charge in [-0.1, -0.05) is 6.92 Å². The number of carbonyl (C=O) groups excluding carboxylic acids is 1. The van der Waals surface area contributed by atoms with Crippen molar-refractivity contribution in [1.29, 1.82) is 0 Å². The Kier molecular flexibility index (Phi) is 11.6. The third-order valence-corrected chi connectivity index (χ3v) is 4.64. The minimum atomic E-state index is -1.40. The molecule has 0 fully saturated rings. The molecule has 0 aromatic heterocycles. The number of hydrogen-bond acceptors (Lipinski definition) is 6. The fraction of sp³-hybridized carbons (Fsp3) is 0.750. The van der Waals surface area contributed by atoms with E-state index in [2.05, 4.69) is 10.3 Å². The number of carboxylic acids is 1. The fourth-order valence-electron chi connectivity index (χ4n) is 1.22. The first-order chi connectivity index (χ1) is 10.4. The molecule has 2 N–H and O–H groups in total. The second kappa shape index (κ2) is 12.3. The van der Waals surface area contributed by atoms with Crippen molar-refractivity contribution in [1.82, 2.24) is 5.32 Å². The zero-order chi connectivity index (χ0) is 17.0. The van der Waals surface area contributed by atoms with E-state index in [9.17, 15) is 18.0 Å². The van der Waals surface area contributed by atoms with Crippen LogP contribution in [0.25, 0.3) is 0 Å². The normalized spacial score (nSPS) is 15.2. The summed E-state index contributed by atoms with van der Waals surface area (Å²) >= 11 is 0. The molecule has 3 unspecified atom stereocenters. The molecule has 3 atom stereocenters. The lowest BCUT2D eigenvalue weighted by Crippen LogP contribution is -2.39. The van der Waals surface area contributed by atoms with Gasteiger partial charge in [0.15, 0.2) is 6.40 Å². The standard InChI is InChI=1S/C12H22N2O6S2/c1-3-4-10(15)14-11(12(16)17)13-9-20-5-6-22(19)8-7-21(2)18/h9,11H,3-8H2,1-2H3,(H,14,15)(H,16,17). The molecule has 0 aromatic rings. The molecule has 0 aromatic carbocycles. The molecule has 0 heterocycles. The molecule has 0 saturated heterocycles. The molecule has 0 spiro atoms. The van der Waals surface area contributed by atoms with Crippen LogP contribution >= 0.6 is 0 Å². The van der Waals surface area contributed by atoms with Crippen molar-refractivity contribution in [3.63, 3.8) is 0 Å². The average Bonchev–Trinajstić information content (AvgIpc) is 2.43. The molecular weight excluding hydrogens is 332 g/mol. The fourth-order valence-corrected chi connectivity index (χ4v) is 3.39. The number of aliphatic carboxylic acids is 1. The van der Waals surface area contributed by atoms with E-state index >= 15 is 0 Å². The number of carbonyl (C=O) groups is 2. The Morgan fingerprint density at radius 3 is 2.55 bits per heavy atom. The van der Waals surface area contributed by atoms with Crippen LogP contribution in [0, 0.1) is 0 Å². The maximum atomic E-state index is 11.5. The summed E-state index contributed by atoms with van der Waals surface area (Å²) in [4.78, 5) is 25.8. The maximum Gasteiger partial charge on any atom is 0.349 e. The third kappa shape index (κ3) is 11.4. The van der Waals surface area contributed by atoms with Gasteiger partial charge in [-0.3, -0.25) is 13.2 Å². The summed E-state index contributed by atoms with van der Waals surface area (Å²) in [6, 6.07) is 0. The maximum absolute atomic E-state index is 11.5. The Labute approximate surface area is 134 Å². The highest BCUT2D eigenvalue weighted by Gasteiger charge is 2.17. The summed E-state index contributed by atoms with van der Waals surface area (Å²) in [7, 11) is -2.12. The first-order valence-electron chi connectivity index (χ1n) is 6.67. The Morgan fingerprint density at radius 1 is 1.32 bits per heavy atom. The van der Waals surface area contributed by atoms with Gasteiger partial charge >= 0.3 is 5.97 Å². The average molecular weight is 354 g/mol. The van der Waals surface area contributed by atoms with Crippen molar-refractivity contribution in [3.8, 4) is 0 Å². The molecule has 0 aliphatic heterocycles. The summed E-state index contributed by atoms with van der Waals surface area (Å²) in [6.45, 7) is 1.90. The van der Waals surface area contributed by atoms with Crippen molar-refractivity contribution in [2.24, 2.45) is 4.99 Å². The molecule has 10 heteroatoms. The monoisotopic (exact) mass is 354 g/mol. The van der Waals surface area contributed by atoms with E-state index in [0.717, 1.165) is 6.40 Å². The highest BCUT2D eigenvalue weighted by Crippen LogP contribution is 1.92. The number of carboxylic acid groups (broad SMARTS) is 1. The molecular formula is C12H22N2O6S2. The minimum absolute atomic E-state index is 0.0989. The third-order valence-electron chi connectivity index (χ3n) is 2.32. The molecule has 22 heavy (non-hydrogen) atoms. The lowest BCUT2D eigenvalue weighted by molar-refractivity contribution is -0.141. The molecule has 0 rings (SSSR count). The molecule has 0 radical (unpaired) electrons. The molecule has 128 valence electrons. The number of nitrogens with zero attached hydrogens (tertiary/aromatic N) is 1. The molecule has 0 aliphatic carbocycles. The van der Waals surface area contributed by atoms with Crippen LogP contribution in [-0.2, 0) is 35.9 Å². The predicted octanol–water partition coefficient (Wildman–Crippen LogP) is -0.514. The van der Waals surface area contributed by atoms with Crippen LogP contribution in [0.4, 0.5) is 0 Å². The van der Waals surface area contributed by atoms with Gasteiger partial charge in [-0.2, -0.15) is 0 Å². The smallest absolute Gasteiger partial charge is 0.349 e. The largest absolute Gasteiger partial charge is 0.482 e. The Balaban J connectivity index is 4.05. The van der Waals surface area contributed by atoms with Crippen LogP contribution in [0.3, 0.4) is 0 Å². The molecule has 0 bridgehead atoms. The Hall–Kier alpha value is -1.29. The molecule has 0 aliphatic rings. The van der Waals surface area contributed by atoms with E-state index in [4.69, 9.17) is 9.84 Å². The van der Waals surface area contributed by atoms with Crippen LogP contribution in [0.15, 0.2) is 4.99 Å². The van der Waals surface area contributed by atoms with Gasteiger partial charge in [-0.15, -0.1) is 0 Å². The van der Waals surface area contributed by atoms with Crippen LogP contribution in [0.2, 0.25) is 0 Å². The van der Waals surface area contributed by atoms with Crippen LogP contribution in [0.5, 0.6) is 0 Å². The van der Waals surface area contributed by atoms with Gasteiger partial charge in [0.25, 0.3) is 0 Å². The van der Waals surface area contributed by atoms with Gasteiger partial charge in [0, 0.05) is 45.8 Å². The highest BCUT2D eigenvalue weighted by molar-refractivity contribution is 7.88. The van der Waals surface area contributed by atoms with Crippen LogP contribution < -0.4 is 5.32 Å². The van der Waals surface area contributed by atoms with E-state index in [0.29, 0.717) is 17.9 Å². The topological polar surface area (TPSA) is 122 Å². The van der Waals surface area contributed by atoms with Crippen molar-refractivity contribution in [2.45, 2.75) is 25.9 Å². The summed E-state index contributed by atoms with van der Waals surface area (Å²) in [5, 5.41) is 11.1. The second-order valence-corrected chi connectivity index (χ2v) is 7.56. The molecule has 0 saturated carbocycles. The number of aliphatic imine (C=N–C) groups is 1.